The zero-order valence-electron chi connectivity index (χ0n) is 12.0. The Morgan fingerprint density at radius 1 is 1.19 bits per heavy atom. The van der Waals surface area contributed by atoms with Gasteiger partial charge in [0, 0.05) is 12.1 Å². The number of pyridine rings is 1. The Kier molecular flexibility index (Phi) is 3.44. The first kappa shape index (κ1) is 13.4. The predicted molar refractivity (Wildman–Crippen MR) is 80.5 cm³/mol. The molecule has 0 atom stereocenters. The number of methoxy groups -OCH3 is 1. The lowest BCUT2D eigenvalue weighted by Gasteiger charge is -2.12. The third-order valence-corrected chi connectivity index (χ3v) is 3.59. The fraction of sp³-hybridized carbons (Fsp3) is 0.176. The summed E-state index contributed by atoms with van der Waals surface area (Å²) in [4.78, 5) is 16.4. The van der Waals surface area contributed by atoms with Crippen LogP contribution in [0.2, 0.25) is 0 Å². The van der Waals surface area contributed by atoms with Gasteiger partial charge < -0.3 is 4.74 Å². The normalized spacial score (nSPS) is 10.8. The summed E-state index contributed by atoms with van der Waals surface area (Å²) in [6, 6.07) is 13.8. The van der Waals surface area contributed by atoms with Crippen molar-refractivity contribution < 1.29 is 9.53 Å². The van der Waals surface area contributed by atoms with Crippen molar-refractivity contribution in [3.63, 3.8) is 0 Å². The average molecular weight is 280 g/mol. The molecule has 0 radical (unpaired) electrons. The summed E-state index contributed by atoms with van der Waals surface area (Å²) >= 11 is 0. The number of nitrogens with zero attached hydrogens (tertiary/aromatic N) is 2. The number of esters is 1. The quantitative estimate of drug-likeness (QED) is 0.693. The van der Waals surface area contributed by atoms with E-state index < -0.39 is 0 Å². The summed E-state index contributed by atoms with van der Waals surface area (Å²) in [7, 11) is 1.40. The molecule has 0 aliphatic heterocycles. The molecule has 0 unspecified atom stereocenters. The maximum absolute atomic E-state index is 12.0. The number of carbonyl (C=O) groups excluding carboxylic acids is 1. The highest BCUT2D eigenvalue weighted by Gasteiger charge is 2.16. The van der Waals surface area contributed by atoms with Crippen LogP contribution < -0.4 is 0 Å². The third kappa shape index (κ3) is 2.40. The van der Waals surface area contributed by atoms with Gasteiger partial charge in [0.05, 0.1) is 24.4 Å². The minimum Gasteiger partial charge on any atom is -0.465 e. The predicted octanol–water partition coefficient (Wildman–Crippen LogP) is 3.02. The van der Waals surface area contributed by atoms with Gasteiger partial charge in [0.25, 0.3) is 0 Å². The Hall–Kier alpha value is -2.62. The van der Waals surface area contributed by atoms with Crippen LogP contribution in [-0.4, -0.2) is 22.5 Å². The lowest BCUT2D eigenvalue weighted by atomic mass is 10.0. The highest BCUT2D eigenvalue weighted by molar-refractivity contribution is 5.91. The largest absolute Gasteiger partial charge is 0.465 e. The van der Waals surface area contributed by atoms with Gasteiger partial charge in [0.2, 0.25) is 0 Å². The Balaban J connectivity index is 2.20. The molecule has 3 rings (SSSR count). The standard InChI is InChI=1S/C17H16N2O2/c1-12-18-11-14-8-9-15(17(20)21-2)16(19(12)14)10-13-6-4-3-5-7-13/h3-9,11H,10H2,1-2H3. The molecule has 106 valence electrons. The summed E-state index contributed by atoms with van der Waals surface area (Å²) < 4.78 is 6.92. The van der Waals surface area contributed by atoms with Crippen LogP contribution in [0.15, 0.2) is 48.7 Å². The number of rotatable bonds is 3. The van der Waals surface area contributed by atoms with E-state index in [1.165, 1.54) is 7.11 Å². The van der Waals surface area contributed by atoms with E-state index in [-0.39, 0.29) is 5.97 Å². The molecule has 0 spiro atoms. The van der Waals surface area contributed by atoms with E-state index in [0.717, 1.165) is 22.6 Å². The second kappa shape index (κ2) is 5.40. The second-order valence-electron chi connectivity index (χ2n) is 4.91. The van der Waals surface area contributed by atoms with E-state index in [4.69, 9.17) is 4.74 Å². The summed E-state index contributed by atoms with van der Waals surface area (Å²) in [6.07, 6.45) is 2.46. The number of fused-ring (bicyclic) bond motifs is 1. The maximum atomic E-state index is 12.0. The van der Waals surface area contributed by atoms with Crippen molar-refractivity contribution in [1.82, 2.24) is 9.38 Å². The van der Waals surface area contributed by atoms with Gasteiger partial charge >= 0.3 is 5.97 Å². The number of benzene rings is 1. The molecule has 0 amide bonds. The third-order valence-electron chi connectivity index (χ3n) is 3.59. The van der Waals surface area contributed by atoms with E-state index in [9.17, 15) is 4.79 Å². The number of carbonyl (C=O) groups is 1. The van der Waals surface area contributed by atoms with Crippen LogP contribution in [0.4, 0.5) is 0 Å². The maximum Gasteiger partial charge on any atom is 0.339 e. The first-order valence-electron chi connectivity index (χ1n) is 6.79. The molecule has 4 heteroatoms. The monoisotopic (exact) mass is 280 g/mol. The number of ether oxygens (including phenoxy) is 1. The van der Waals surface area contributed by atoms with Crippen LogP contribution in [0, 0.1) is 6.92 Å². The average Bonchev–Trinajstić information content (AvgIpc) is 2.90. The summed E-state index contributed by atoms with van der Waals surface area (Å²) in [5.41, 5.74) is 3.60. The molecule has 0 saturated carbocycles. The molecule has 4 nitrogen and oxygen atoms in total. The summed E-state index contributed by atoms with van der Waals surface area (Å²) in [5, 5.41) is 0. The van der Waals surface area contributed by atoms with Gasteiger partial charge in [-0.15, -0.1) is 0 Å². The van der Waals surface area contributed by atoms with Crippen molar-refractivity contribution in [1.29, 1.82) is 0 Å². The first-order valence-corrected chi connectivity index (χ1v) is 6.79. The van der Waals surface area contributed by atoms with Gasteiger partial charge in [-0.25, -0.2) is 9.78 Å². The van der Waals surface area contributed by atoms with Gasteiger partial charge in [-0.1, -0.05) is 30.3 Å². The molecular weight excluding hydrogens is 264 g/mol. The molecule has 2 heterocycles. The number of aromatic nitrogens is 2. The number of aryl methyl sites for hydroxylation is 1. The number of hydrogen-bond acceptors (Lipinski definition) is 3. The van der Waals surface area contributed by atoms with Gasteiger partial charge in [0.1, 0.15) is 5.82 Å². The van der Waals surface area contributed by atoms with Crippen LogP contribution in [0.1, 0.15) is 27.4 Å². The highest BCUT2D eigenvalue weighted by Crippen LogP contribution is 2.20. The lowest BCUT2D eigenvalue weighted by molar-refractivity contribution is 0.0599. The summed E-state index contributed by atoms with van der Waals surface area (Å²) in [5.74, 6) is 0.539. The smallest absolute Gasteiger partial charge is 0.339 e. The van der Waals surface area contributed by atoms with Gasteiger partial charge in [-0.3, -0.25) is 4.40 Å². The Bertz CT molecular complexity index is 791. The SMILES string of the molecule is COC(=O)c1ccc2cnc(C)n2c1Cc1ccccc1. The zero-order chi connectivity index (χ0) is 14.8. The van der Waals surface area contributed by atoms with E-state index in [0.29, 0.717) is 12.0 Å². The van der Waals surface area contributed by atoms with Crippen LogP contribution in [-0.2, 0) is 11.2 Å². The Labute approximate surface area is 123 Å². The first-order chi connectivity index (χ1) is 10.2. The molecule has 21 heavy (non-hydrogen) atoms. The topological polar surface area (TPSA) is 43.6 Å². The van der Waals surface area contributed by atoms with Crippen molar-refractivity contribution in [2.75, 3.05) is 7.11 Å². The molecule has 0 aliphatic rings. The Morgan fingerprint density at radius 2 is 1.95 bits per heavy atom. The molecule has 1 aromatic carbocycles. The molecule has 0 fully saturated rings. The van der Waals surface area contributed by atoms with Gasteiger partial charge in [0.15, 0.2) is 0 Å². The zero-order valence-corrected chi connectivity index (χ0v) is 12.0. The number of imidazole rings is 1. The molecule has 0 N–H and O–H groups in total. The minimum atomic E-state index is -0.323. The molecular formula is C17H16N2O2. The summed E-state index contributed by atoms with van der Waals surface area (Å²) in [6.45, 7) is 1.93. The number of hydrogen-bond donors (Lipinski definition) is 0. The van der Waals surface area contributed by atoms with Crippen molar-refractivity contribution >= 4 is 11.5 Å². The van der Waals surface area contributed by atoms with Crippen LogP contribution in [0.25, 0.3) is 5.52 Å². The fourth-order valence-corrected chi connectivity index (χ4v) is 2.58. The molecule has 2 aromatic heterocycles. The second-order valence-corrected chi connectivity index (χ2v) is 4.91. The minimum absolute atomic E-state index is 0.323. The van der Waals surface area contributed by atoms with Crippen molar-refractivity contribution in [3.8, 4) is 0 Å². The van der Waals surface area contributed by atoms with Crippen molar-refractivity contribution in [3.05, 3.63) is 71.3 Å². The van der Waals surface area contributed by atoms with Crippen LogP contribution in [0.3, 0.4) is 0 Å². The lowest BCUT2D eigenvalue weighted by Crippen LogP contribution is -2.11. The van der Waals surface area contributed by atoms with E-state index in [1.807, 2.05) is 53.9 Å². The van der Waals surface area contributed by atoms with Gasteiger partial charge in [-0.2, -0.15) is 0 Å². The fourth-order valence-electron chi connectivity index (χ4n) is 2.58. The molecule has 3 aromatic rings. The van der Waals surface area contributed by atoms with Crippen molar-refractivity contribution in [2.24, 2.45) is 0 Å². The van der Waals surface area contributed by atoms with E-state index in [2.05, 4.69) is 4.98 Å². The van der Waals surface area contributed by atoms with E-state index in [1.54, 1.807) is 6.07 Å². The van der Waals surface area contributed by atoms with Crippen LogP contribution in [0.5, 0.6) is 0 Å². The molecule has 0 aliphatic carbocycles. The van der Waals surface area contributed by atoms with E-state index >= 15 is 0 Å². The molecule has 0 saturated heterocycles. The Morgan fingerprint density at radius 3 is 2.67 bits per heavy atom. The molecule has 0 bridgehead atoms. The highest BCUT2D eigenvalue weighted by atomic mass is 16.5. The van der Waals surface area contributed by atoms with Crippen LogP contribution >= 0.6 is 0 Å². The van der Waals surface area contributed by atoms with Crippen molar-refractivity contribution in [2.45, 2.75) is 13.3 Å². The van der Waals surface area contributed by atoms with Gasteiger partial charge in [-0.05, 0) is 24.6 Å².